The molecule has 4 N–H and O–H groups in total. The fourth-order valence-electron chi connectivity index (χ4n) is 3.80. The first-order chi connectivity index (χ1) is 13.2. The van der Waals surface area contributed by atoms with Crippen LogP contribution in [-0.4, -0.2) is 43.3 Å². The number of hydrogen-bond donors (Lipinski definition) is 4. The maximum Gasteiger partial charge on any atom is 0.248 e. The van der Waals surface area contributed by atoms with Crippen molar-refractivity contribution in [3.05, 3.63) is 81.1 Å². The molecule has 0 aromatic heterocycles. The zero-order valence-corrected chi connectivity index (χ0v) is 16.4. The van der Waals surface area contributed by atoms with Crippen LogP contribution in [0.25, 0.3) is 0 Å². The molecule has 5 nitrogen and oxygen atoms in total. The van der Waals surface area contributed by atoms with E-state index in [0.717, 1.165) is 26.9 Å². The van der Waals surface area contributed by atoms with E-state index in [2.05, 4.69) is 56.2 Å². The van der Waals surface area contributed by atoms with E-state index < -0.39 is 0 Å². The van der Waals surface area contributed by atoms with Crippen molar-refractivity contribution >= 4 is 21.8 Å². The van der Waals surface area contributed by atoms with Gasteiger partial charge in [-0.15, -0.1) is 0 Å². The van der Waals surface area contributed by atoms with Crippen molar-refractivity contribution in [1.82, 2.24) is 16.0 Å². The molecular weight excluding hydrogens is 406 g/mol. The summed E-state index contributed by atoms with van der Waals surface area (Å²) < 4.78 is 1.00. The molecule has 0 bridgehead atoms. The molecule has 1 heterocycles. The number of halogens is 1. The lowest BCUT2D eigenvalue weighted by Crippen LogP contribution is -2.36. The molecule has 0 spiro atoms. The van der Waals surface area contributed by atoms with Crippen LogP contribution in [0.2, 0.25) is 0 Å². The van der Waals surface area contributed by atoms with Crippen LogP contribution in [0.5, 0.6) is 0 Å². The summed E-state index contributed by atoms with van der Waals surface area (Å²) in [4.78, 5) is 12.9. The van der Waals surface area contributed by atoms with Gasteiger partial charge in [-0.2, -0.15) is 0 Å². The summed E-state index contributed by atoms with van der Waals surface area (Å²) in [6.07, 6.45) is 16.5. The minimum absolute atomic E-state index is 0.0506. The molecule has 3 aliphatic carbocycles. The Balaban J connectivity index is 1.63. The third kappa shape index (κ3) is 3.52. The van der Waals surface area contributed by atoms with Crippen molar-refractivity contribution in [3.63, 3.8) is 0 Å². The molecule has 140 valence electrons. The monoisotopic (exact) mass is 427 g/mol. The van der Waals surface area contributed by atoms with Crippen LogP contribution in [0.1, 0.15) is 0 Å². The van der Waals surface area contributed by atoms with Gasteiger partial charge >= 0.3 is 0 Å². The highest BCUT2D eigenvalue weighted by Crippen LogP contribution is 2.43. The summed E-state index contributed by atoms with van der Waals surface area (Å²) in [6.45, 7) is 1.78. The van der Waals surface area contributed by atoms with Crippen molar-refractivity contribution in [2.24, 2.45) is 5.92 Å². The number of hydrogen-bond acceptors (Lipinski definition) is 4. The number of aliphatic hydroxyl groups excluding tert-OH is 1. The highest BCUT2D eigenvalue weighted by Gasteiger charge is 2.36. The zero-order chi connectivity index (χ0) is 18.8. The van der Waals surface area contributed by atoms with Gasteiger partial charge in [0.25, 0.3) is 0 Å². The molecule has 2 unspecified atom stereocenters. The number of carbonyl (C=O) groups excluding carboxylic acids is 1. The minimum atomic E-state index is -0.0586. The van der Waals surface area contributed by atoms with Gasteiger partial charge in [-0.1, -0.05) is 52.4 Å². The predicted octanol–water partition coefficient (Wildman–Crippen LogP) is 1.74. The number of rotatable bonds is 6. The second-order valence-electron chi connectivity index (χ2n) is 6.76. The normalized spacial score (nSPS) is 24.8. The topological polar surface area (TPSA) is 73.4 Å². The Bertz CT molecular complexity index is 874. The van der Waals surface area contributed by atoms with E-state index in [9.17, 15) is 4.79 Å². The van der Waals surface area contributed by atoms with Gasteiger partial charge in [0.05, 0.1) is 12.6 Å². The van der Waals surface area contributed by atoms with E-state index >= 15 is 0 Å². The average molecular weight is 428 g/mol. The SMILES string of the molecule is O=C(NCCNCCO)C1=CC2=C3C=CC=CC3NC2=C2C=C(Br)C=CC12. The molecule has 27 heavy (non-hydrogen) atoms. The van der Waals surface area contributed by atoms with Crippen molar-refractivity contribution in [2.45, 2.75) is 6.04 Å². The van der Waals surface area contributed by atoms with Crippen LogP contribution in [0.15, 0.2) is 81.1 Å². The Kier molecular flexibility index (Phi) is 5.29. The summed E-state index contributed by atoms with van der Waals surface area (Å²) >= 11 is 3.57. The van der Waals surface area contributed by atoms with E-state index in [1.54, 1.807) is 0 Å². The molecule has 0 aromatic rings. The average Bonchev–Trinajstić information content (AvgIpc) is 3.06. The second-order valence-corrected chi connectivity index (χ2v) is 7.68. The zero-order valence-electron chi connectivity index (χ0n) is 14.8. The minimum Gasteiger partial charge on any atom is -0.395 e. The van der Waals surface area contributed by atoms with Gasteiger partial charge in [-0.25, -0.2) is 0 Å². The summed E-state index contributed by atoms with van der Waals surface area (Å²) in [5, 5.41) is 18.5. The van der Waals surface area contributed by atoms with Crippen LogP contribution >= 0.6 is 15.9 Å². The molecule has 1 amide bonds. The highest BCUT2D eigenvalue weighted by molar-refractivity contribution is 9.11. The van der Waals surface area contributed by atoms with Crippen LogP contribution in [0.4, 0.5) is 0 Å². The highest BCUT2D eigenvalue weighted by atomic mass is 79.9. The van der Waals surface area contributed by atoms with E-state index in [1.165, 1.54) is 5.57 Å². The molecule has 6 heteroatoms. The number of fused-ring (bicyclic) bond motifs is 3. The van der Waals surface area contributed by atoms with Gasteiger partial charge in [-0.3, -0.25) is 4.79 Å². The Morgan fingerprint density at radius 1 is 1.11 bits per heavy atom. The van der Waals surface area contributed by atoms with Gasteiger partial charge in [-0.05, 0) is 23.3 Å². The number of allylic oxidation sites excluding steroid dienone is 8. The molecule has 4 aliphatic rings. The predicted molar refractivity (Wildman–Crippen MR) is 110 cm³/mol. The third-order valence-electron chi connectivity index (χ3n) is 5.04. The number of carbonyl (C=O) groups is 1. The summed E-state index contributed by atoms with van der Waals surface area (Å²) in [5.74, 6) is -0.109. The number of nitrogens with one attached hydrogen (secondary N) is 3. The van der Waals surface area contributed by atoms with Crippen LogP contribution in [0, 0.1) is 5.92 Å². The van der Waals surface area contributed by atoms with Crippen molar-refractivity contribution in [1.29, 1.82) is 0 Å². The van der Waals surface area contributed by atoms with Crippen LogP contribution in [-0.2, 0) is 4.79 Å². The maximum absolute atomic E-state index is 12.9. The molecular formula is C21H22BrN3O2. The molecule has 0 saturated heterocycles. The summed E-state index contributed by atoms with van der Waals surface area (Å²) in [6, 6.07) is 0.160. The van der Waals surface area contributed by atoms with E-state index in [-0.39, 0.29) is 24.5 Å². The Morgan fingerprint density at radius 2 is 2.00 bits per heavy atom. The van der Waals surface area contributed by atoms with Crippen LogP contribution in [0.3, 0.4) is 0 Å². The first kappa shape index (κ1) is 18.2. The van der Waals surface area contributed by atoms with E-state index in [4.69, 9.17) is 5.11 Å². The smallest absolute Gasteiger partial charge is 0.248 e. The summed E-state index contributed by atoms with van der Waals surface area (Å²) in [7, 11) is 0. The molecule has 0 radical (unpaired) electrons. The van der Waals surface area contributed by atoms with Gasteiger partial charge in [0.1, 0.15) is 0 Å². The van der Waals surface area contributed by atoms with Crippen molar-refractivity contribution in [3.8, 4) is 0 Å². The molecule has 4 rings (SSSR count). The number of amides is 1. The van der Waals surface area contributed by atoms with Crippen molar-refractivity contribution < 1.29 is 9.90 Å². The maximum atomic E-state index is 12.9. The third-order valence-corrected chi connectivity index (χ3v) is 5.54. The fraction of sp³-hybridized carbons (Fsp3) is 0.286. The quantitative estimate of drug-likeness (QED) is 0.487. The Morgan fingerprint density at radius 3 is 2.85 bits per heavy atom. The second kappa shape index (κ2) is 7.84. The van der Waals surface area contributed by atoms with Crippen LogP contribution < -0.4 is 16.0 Å². The molecule has 1 aliphatic heterocycles. The van der Waals surface area contributed by atoms with E-state index in [0.29, 0.717) is 19.6 Å². The summed E-state index contributed by atoms with van der Waals surface area (Å²) in [5.41, 5.74) is 5.29. The number of aliphatic hydroxyl groups is 1. The van der Waals surface area contributed by atoms with Gasteiger partial charge in [0.15, 0.2) is 0 Å². The molecule has 0 aromatic carbocycles. The molecule has 0 fully saturated rings. The molecule has 2 atom stereocenters. The first-order valence-electron chi connectivity index (χ1n) is 9.16. The lowest BCUT2D eigenvalue weighted by Gasteiger charge is -2.28. The fourth-order valence-corrected chi connectivity index (χ4v) is 4.20. The van der Waals surface area contributed by atoms with E-state index in [1.807, 2.05) is 24.3 Å². The molecule has 0 saturated carbocycles. The lowest BCUT2D eigenvalue weighted by molar-refractivity contribution is -0.117. The standard InChI is InChI=1S/C21H22BrN3O2/c22-13-5-6-14-16(11-13)20-17(15-3-1-2-4-19(15)25-20)12-18(14)21(27)24-8-7-23-9-10-26/h1-6,11-12,14,19,23,25-26H,7-10H2,(H,24,27). The first-order valence-corrected chi connectivity index (χ1v) is 9.95. The Labute approximate surface area is 167 Å². The lowest BCUT2D eigenvalue weighted by atomic mass is 9.79. The van der Waals surface area contributed by atoms with Crippen molar-refractivity contribution in [2.75, 3.05) is 26.2 Å². The largest absolute Gasteiger partial charge is 0.395 e. The Hall–Kier alpha value is -2.15. The van der Waals surface area contributed by atoms with Gasteiger partial charge < -0.3 is 21.1 Å². The van der Waals surface area contributed by atoms with Gasteiger partial charge in [0.2, 0.25) is 5.91 Å². The van der Waals surface area contributed by atoms with Gasteiger partial charge in [0, 0.05) is 46.9 Å².